The van der Waals surface area contributed by atoms with Crippen LogP contribution in [0.2, 0.25) is 5.02 Å². The molecule has 1 saturated heterocycles. The molecule has 0 radical (unpaired) electrons. The number of sulfonamides is 1. The summed E-state index contributed by atoms with van der Waals surface area (Å²) in [7, 11) is -3.79. The van der Waals surface area contributed by atoms with E-state index in [4.69, 9.17) is 11.6 Å². The highest BCUT2D eigenvalue weighted by atomic mass is 35.5. The van der Waals surface area contributed by atoms with Gasteiger partial charge in [0, 0.05) is 31.7 Å². The van der Waals surface area contributed by atoms with E-state index in [-0.39, 0.29) is 47.4 Å². The third kappa shape index (κ3) is 4.31. The highest BCUT2D eigenvalue weighted by Crippen LogP contribution is 2.23. The number of carbonyl (C=O) groups is 2. The molecule has 10 heteroatoms. The maximum atomic E-state index is 13.5. The molecule has 0 saturated carbocycles. The lowest BCUT2D eigenvalue weighted by Crippen LogP contribution is -2.50. The van der Waals surface area contributed by atoms with Gasteiger partial charge in [-0.3, -0.25) is 9.59 Å². The van der Waals surface area contributed by atoms with Gasteiger partial charge in [0.2, 0.25) is 10.0 Å². The molecule has 0 unspecified atom stereocenters. The number of nitrogens with zero attached hydrogens (tertiary/aromatic N) is 2. The fourth-order valence-corrected chi connectivity index (χ4v) is 4.65. The first kappa shape index (κ1) is 21.4. The Labute approximate surface area is 171 Å². The van der Waals surface area contributed by atoms with Gasteiger partial charge in [-0.15, -0.1) is 0 Å². The van der Waals surface area contributed by atoms with E-state index in [1.807, 2.05) is 0 Å². The minimum atomic E-state index is -3.79. The third-order valence-corrected chi connectivity index (χ3v) is 6.89. The Balaban J connectivity index is 1.72. The van der Waals surface area contributed by atoms with Gasteiger partial charge < -0.3 is 4.90 Å². The molecule has 29 heavy (non-hydrogen) atoms. The van der Waals surface area contributed by atoms with Crippen LogP contribution in [0.25, 0.3) is 0 Å². The summed E-state index contributed by atoms with van der Waals surface area (Å²) >= 11 is 5.85. The molecule has 0 atom stereocenters. The second-order valence-corrected chi connectivity index (χ2v) is 8.87. The van der Waals surface area contributed by atoms with Crippen molar-refractivity contribution in [1.82, 2.24) is 9.21 Å². The predicted molar refractivity (Wildman–Crippen MR) is 102 cm³/mol. The minimum Gasteiger partial charge on any atom is -0.336 e. The number of ketones is 1. The number of carbonyl (C=O) groups excluding carboxylic acids is 2. The smallest absolute Gasteiger partial charge is 0.255 e. The van der Waals surface area contributed by atoms with Crippen molar-refractivity contribution in [2.45, 2.75) is 11.8 Å². The number of hydrogen-bond donors (Lipinski definition) is 0. The maximum absolute atomic E-state index is 13.5. The van der Waals surface area contributed by atoms with Gasteiger partial charge >= 0.3 is 0 Å². The molecule has 6 nitrogen and oxygen atoms in total. The average molecular weight is 443 g/mol. The Morgan fingerprint density at radius 3 is 2.07 bits per heavy atom. The van der Waals surface area contributed by atoms with Crippen molar-refractivity contribution >= 4 is 33.3 Å². The Hall–Kier alpha value is -2.36. The van der Waals surface area contributed by atoms with Crippen molar-refractivity contribution in [3.63, 3.8) is 0 Å². The molecule has 0 aromatic heterocycles. The van der Waals surface area contributed by atoms with Crippen LogP contribution in [0.3, 0.4) is 0 Å². The SMILES string of the molecule is CC(=O)c1ccc(S(=O)(=O)N2CCN(C(=O)c3cc(F)c(F)cc3Cl)CC2)cc1. The molecular formula is C19H17ClF2N2O4S. The summed E-state index contributed by atoms with van der Waals surface area (Å²) in [5.74, 6) is -3.11. The van der Waals surface area contributed by atoms with Crippen molar-refractivity contribution in [3.8, 4) is 0 Å². The van der Waals surface area contributed by atoms with Gasteiger partial charge in [0.05, 0.1) is 15.5 Å². The van der Waals surface area contributed by atoms with E-state index in [2.05, 4.69) is 0 Å². The molecule has 2 aromatic carbocycles. The molecule has 3 rings (SSSR count). The standard InChI is InChI=1S/C19H17ClF2N2O4S/c1-12(25)13-2-4-14(5-3-13)29(27,28)24-8-6-23(7-9-24)19(26)15-10-17(21)18(22)11-16(15)20/h2-5,10-11H,6-9H2,1H3. The van der Waals surface area contributed by atoms with Crippen molar-refractivity contribution < 1.29 is 26.8 Å². The number of Topliss-reactive ketones (excluding diaryl/α,β-unsaturated/α-hetero) is 1. The van der Waals surface area contributed by atoms with E-state index in [1.54, 1.807) is 0 Å². The fraction of sp³-hybridized carbons (Fsp3) is 0.263. The Bertz CT molecular complexity index is 1070. The van der Waals surface area contributed by atoms with Crippen LogP contribution in [0.1, 0.15) is 27.6 Å². The van der Waals surface area contributed by atoms with Crippen LogP contribution in [0.15, 0.2) is 41.3 Å². The largest absolute Gasteiger partial charge is 0.336 e. The Morgan fingerprint density at radius 2 is 1.52 bits per heavy atom. The molecular weight excluding hydrogens is 426 g/mol. The van der Waals surface area contributed by atoms with Crippen LogP contribution in [0, 0.1) is 11.6 Å². The molecule has 0 bridgehead atoms. The molecule has 1 heterocycles. The molecule has 0 N–H and O–H groups in total. The van der Waals surface area contributed by atoms with Crippen LogP contribution in [-0.2, 0) is 10.0 Å². The van der Waals surface area contributed by atoms with Gasteiger partial charge in [-0.1, -0.05) is 23.7 Å². The summed E-state index contributed by atoms with van der Waals surface area (Å²) in [6.45, 7) is 1.59. The van der Waals surface area contributed by atoms with Gasteiger partial charge in [-0.05, 0) is 31.2 Å². The van der Waals surface area contributed by atoms with Crippen LogP contribution >= 0.6 is 11.6 Å². The van der Waals surface area contributed by atoms with Crippen molar-refractivity contribution in [3.05, 3.63) is 64.2 Å². The van der Waals surface area contributed by atoms with E-state index >= 15 is 0 Å². The second kappa shape index (κ2) is 8.17. The van der Waals surface area contributed by atoms with Gasteiger partial charge in [0.15, 0.2) is 17.4 Å². The second-order valence-electron chi connectivity index (χ2n) is 6.52. The third-order valence-electron chi connectivity index (χ3n) is 4.66. The zero-order valence-electron chi connectivity index (χ0n) is 15.4. The highest BCUT2D eigenvalue weighted by Gasteiger charge is 2.31. The summed E-state index contributed by atoms with van der Waals surface area (Å²) in [5.41, 5.74) is 0.226. The van der Waals surface area contributed by atoms with Crippen LogP contribution in [0.5, 0.6) is 0 Å². The number of hydrogen-bond acceptors (Lipinski definition) is 4. The number of benzene rings is 2. The first-order valence-corrected chi connectivity index (χ1v) is 10.5. The lowest BCUT2D eigenvalue weighted by atomic mass is 10.1. The van der Waals surface area contributed by atoms with E-state index in [1.165, 1.54) is 40.4 Å². The molecule has 0 aliphatic carbocycles. The topological polar surface area (TPSA) is 74.8 Å². The van der Waals surface area contributed by atoms with Gasteiger partial charge in [-0.25, -0.2) is 17.2 Å². The van der Waals surface area contributed by atoms with E-state index in [9.17, 15) is 26.8 Å². The number of rotatable bonds is 4. The van der Waals surface area contributed by atoms with E-state index in [0.717, 1.165) is 12.1 Å². The summed E-state index contributed by atoms with van der Waals surface area (Å²) in [5, 5.41) is -0.213. The van der Waals surface area contributed by atoms with Gasteiger partial charge in [0.1, 0.15) is 0 Å². The first-order valence-electron chi connectivity index (χ1n) is 8.66. The molecule has 1 fully saturated rings. The maximum Gasteiger partial charge on any atom is 0.255 e. The monoisotopic (exact) mass is 442 g/mol. The molecule has 1 amide bonds. The molecule has 154 valence electrons. The van der Waals surface area contributed by atoms with Crippen molar-refractivity contribution in [1.29, 1.82) is 0 Å². The average Bonchev–Trinajstić information content (AvgIpc) is 2.70. The van der Waals surface area contributed by atoms with Gasteiger partial charge in [-0.2, -0.15) is 4.31 Å². The van der Waals surface area contributed by atoms with Crippen LogP contribution in [-0.4, -0.2) is 55.5 Å². The Kier molecular flexibility index (Phi) is 6.02. The zero-order valence-corrected chi connectivity index (χ0v) is 16.9. The predicted octanol–water partition coefficient (Wildman–Crippen LogP) is 2.97. The summed E-state index contributed by atoms with van der Waals surface area (Å²) < 4.78 is 53.4. The summed E-state index contributed by atoms with van der Waals surface area (Å²) in [4.78, 5) is 25.3. The lowest BCUT2D eigenvalue weighted by molar-refractivity contribution is 0.0697. The van der Waals surface area contributed by atoms with Gasteiger partial charge in [0.25, 0.3) is 5.91 Å². The summed E-state index contributed by atoms with van der Waals surface area (Å²) in [6, 6.07) is 7.09. The molecule has 1 aliphatic rings. The minimum absolute atomic E-state index is 0.0316. The lowest BCUT2D eigenvalue weighted by Gasteiger charge is -2.34. The van der Waals surface area contributed by atoms with E-state index < -0.39 is 27.6 Å². The molecule has 1 aliphatic heterocycles. The number of piperazine rings is 1. The van der Waals surface area contributed by atoms with Crippen molar-refractivity contribution in [2.24, 2.45) is 0 Å². The fourth-order valence-electron chi connectivity index (χ4n) is 3.00. The van der Waals surface area contributed by atoms with Crippen LogP contribution < -0.4 is 0 Å². The summed E-state index contributed by atoms with van der Waals surface area (Å²) in [6.07, 6.45) is 0. The van der Waals surface area contributed by atoms with E-state index in [0.29, 0.717) is 5.56 Å². The highest BCUT2D eigenvalue weighted by molar-refractivity contribution is 7.89. The van der Waals surface area contributed by atoms with Crippen LogP contribution in [0.4, 0.5) is 8.78 Å². The Morgan fingerprint density at radius 1 is 0.966 bits per heavy atom. The molecule has 2 aromatic rings. The number of halogens is 3. The quantitative estimate of drug-likeness (QED) is 0.539. The zero-order chi connectivity index (χ0) is 21.3. The number of amides is 1. The molecule has 0 spiro atoms. The first-order chi connectivity index (χ1) is 13.6. The van der Waals surface area contributed by atoms with Crippen molar-refractivity contribution in [2.75, 3.05) is 26.2 Å². The normalized spacial score (nSPS) is 15.4.